The summed E-state index contributed by atoms with van der Waals surface area (Å²) < 4.78 is 23.5. The summed E-state index contributed by atoms with van der Waals surface area (Å²) in [6.07, 6.45) is 3.03. The van der Waals surface area contributed by atoms with Gasteiger partial charge in [0.1, 0.15) is 12.1 Å². The molecule has 1 aromatic carbocycles. The van der Waals surface area contributed by atoms with Crippen molar-refractivity contribution in [3.05, 3.63) is 48.2 Å². The Hall–Kier alpha value is -2.43. The first-order valence-electron chi connectivity index (χ1n) is 5.37. The molecule has 0 bridgehead atoms. The van der Waals surface area contributed by atoms with E-state index in [-0.39, 0.29) is 5.82 Å². The highest BCUT2D eigenvalue weighted by Gasteiger charge is 2.12. The first kappa shape index (κ1) is 10.7. The van der Waals surface area contributed by atoms with Gasteiger partial charge in [0.2, 0.25) is 5.82 Å². The van der Waals surface area contributed by atoms with Crippen molar-refractivity contribution in [1.29, 1.82) is 0 Å². The van der Waals surface area contributed by atoms with Crippen LogP contribution in [0.2, 0.25) is 0 Å². The number of benzene rings is 1. The van der Waals surface area contributed by atoms with Gasteiger partial charge in [0.15, 0.2) is 0 Å². The molecule has 0 N–H and O–H groups in total. The summed E-state index contributed by atoms with van der Waals surface area (Å²) in [6.45, 7) is 1.70. The van der Waals surface area contributed by atoms with Crippen molar-refractivity contribution < 1.29 is 13.3 Å². The van der Waals surface area contributed by atoms with E-state index in [0.717, 1.165) is 0 Å². The first-order valence-corrected chi connectivity index (χ1v) is 5.37. The van der Waals surface area contributed by atoms with Gasteiger partial charge in [0, 0.05) is 5.56 Å². The fourth-order valence-corrected chi connectivity index (χ4v) is 1.58. The molecular formula is C13H9FN2O2. The number of hydrogen-bond acceptors (Lipinski definition) is 4. The van der Waals surface area contributed by atoms with E-state index in [1.165, 1.54) is 18.6 Å². The van der Waals surface area contributed by atoms with Crippen LogP contribution in [0.25, 0.3) is 22.8 Å². The second-order valence-electron chi connectivity index (χ2n) is 3.90. The number of halogens is 1. The SMILES string of the molecule is Cc1ccc(-c2noc(-c3ccoc3)n2)cc1F. The molecule has 18 heavy (non-hydrogen) atoms. The molecular weight excluding hydrogens is 235 g/mol. The predicted octanol–water partition coefficient (Wildman–Crippen LogP) is 3.44. The molecule has 2 heterocycles. The first-order chi connectivity index (χ1) is 8.74. The van der Waals surface area contributed by atoms with E-state index in [4.69, 9.17) is 8.94 Å². The van der Waals surface area contributed by atoms with Gasteiger partial charge in [-0.1, -0.05) is 17.3 Å². The van der Waals surface area contributed by atoms with E-state index >= 15 is 0 Å². The van der Waals surface area contributed by atoms with Gasteiger partial charge >= 0.3 is 0 Å². The van der Waals surface area contributed by atoms with Gasteiger partial charge in [-0.25, -0.2) is 4.39 Å². The van der Waals surface area contributed by atoms with Crippen LogP contribution >= 0.6 is 0 Å². The molecule has 3 aromatic rings. The maximum Gasteiger partial charge on any atom is 0.261 e. The minimum absolute atomic E-state index is 0.290. The third-order valence-electron chi connectivity index (χ3n) is 2.62. The summed E-state index contributed by atoms with van der Waals surface area (Å²) in [5.41, 5.74) is 1.86. The molecule has 2 aromatic heterocycles. The Kier molecular flexibility index (Phi) is 2.44. The number of aromatic nitrogens is 2. The highest BCUT2D eigenvalue weighted by Crippen LogP contribution is 2.23. The maximum absolute atomic E-state index is 13.4. The molecule has 0 aliphatic rings. The Labute approximate surface area is 102 Å². The summed E-state index contributed by atoms with van der Waals surface area (Å²) in [5, 5.41) is 3.82. The molecule has 0 atom stereocenters. The molecule has 0 aliphatic carbocycles. The smallest absolute Gasteiger partial charge is 0.261 e. The van der Waals surface area contributed by atoms with Crippen LogP contribution < -0.4 is 0 Å². The Morgan fingerprint density at radius 3 is 2.78 bits per heavy atom. The van der Waals surface area contributed by atoms with Gasteiger partial charge in [-0.05, 0) is 24.6 Å². The second-order valence-corrected chi connectivity index (χ2v) is 3.90. The van der Waals surface area contributed by atoms with Gasteiger partial charge in [-0.3, -0.25) is 0 Å². The predicted molar refractivity (Wildman–Crippen MR) is 62.1 cm³/mol. The fourth-order valence-electron chi connectivity index (χ4n) is 1.58. The highest BCUT2D eigenvalue weighted by molar-refractivity contribution is 5.59. The molecule has 0 amide bonds. The number of rotatable bonds is 2. The zero-order valence-corrected chi connectivity index (χ0v) is 9.55. The quantitative estimate of drug-likeness (QED) is 0.692. The van der Waals surface area contributed by atoms with E-state index in [1.54, 1.807) is 25.1 Å². The van der Waals surface area contributed by atoms with Crippen molar-refractivity contribution in [1.82, 2.24) is 10.1 Å². The molecule has 3 rings (SSSR count). The lowest BCUT2D eigenvalue weighted by atomic mass is 10.1. The van der Waals surface area contributed by atoms with Crippen molar-refractivity contribution in [2.45, 2.75) is 6.92 Å². The Morgan fingerprint density at radius 2 is 2.06 bits per heavy atom. The van der Waals surface area contributed by atoms with Crippen molar-refractivity contribution in [3.63, 3.8) is 0 Å². The maximum atomic E-state index is 13.4. The van der Waals surface area contributed by atoms with Gasteiger partial charge in [-0.2, -0.15) is 4.98 Å². The van der Waals surface area contributed by atoms with Crippen LogP contribution in [-0.2, 0) is 0 Å². The molecule has 90 valence electrons. The molecule has 0 fully saturated rings. The largest absolute Gasteiger partial charge is 0.472 e. The van der Waals surface area contributed by atoms with Crippen LogP contribution in [-0.4, -0.2) is 10.1 Å². The Morgan fingerprint density at radius 1 is 1.17 bits per heavy atom. The lowest BCUT2D eigenvalue weighted by Gasteiger charge is -1.97. The average molecular weight is 244 g/mol. The molecule has 0 unspecified atom stereocenters. The van der Waals surface area contributed by atoms with Gasteiger partial charge in [0.25, 0.3) is 5.89 Å². The van der Waals surface area contributed by atoms with Crippen molar-refractivity contribution in [2.24, 2.45) is 0 Å². The lowest BCUT2D eigenvalue weighted by molar-refractivity contribution is 0.431. The third kappa shape index (κ3) is 1.79. The summed E-state index contributed by atoms with van der Waals surface area (Å²) in [5.74, 6) is 0.409. The number of furan rings is 1. The highest BCUT2D eigenvalue weighted by atomic mass is 19.1. The van der Waals surface area contributed by atoms with E-state index in [2.05, 4.69) is 10.1 Å². The monoisotopic (exact) mass is 244 g/mol. The number of aryl methyl sites for hydroxylation is 1. The zero-order chi connectivity index (χ0) is 12.5. The summed E-state index contributed by atoms with van der Waals surface area (Å²) in [6, 6.07) is 6.54. The molecule has 0 saturated carbocycles. The van der Waals surface area contributed by atoms with Crippen molar-refractivity contribution in [3.8, 4) is 22.8 Å². The van der Waals surface area contributed by atoms with E-state index in [0.29, 0.717) is 28.4 Å². The molecule has 5 heteroatoms. The molecule has 0 radical (unpaired) electrons. The Balaban J connectivity index is 2.00. The van der Waals surface area contributed by atoms with Crippen LogP contribution in [0.15, 0.2) is 45.7 Å². The summed E-state index contributed by atoms with van der Waals surface area (Å²) in [4.78, 5) is 4.19. The van der Waals surface area contributed by atoms with Crippen LogP contribution in [0, 0.1) is 12.7 Å². The Bertz CT molecular complexity index is 674. The van der Waals surface area contributed by atoms with Gasteiger partial charge in [0.05, 0.1) is 11.8 Å². The summed E-state index contributed by atoms with van der Waals surface area (Å²) in [7, 11) is 0. The number of nitrogens with zero attached hydrogens (tertiary/aromatic N) is 2. The third-order valence-corrected chi connectivity index (χ3v) is 2.62. The van der Waals surface area contributed by atoms with Crippen LogP contribution in [0.1, 0.15) is 5.56 Å². The van der Waals surface area contributed by atoms with E-state index in [1.807, 2.05) is 0 Å². The fraction of sp³-hybridized carbons (Fsp3) is 0.0769. The minimum Gasteiger partial charge on any atom is -0.472 e. The lowest BCUT2D eigenvalue weighted by Crippen LogP contribution is -1.86. The summed E-state index contributed by atoms with van der Waals surface area (Å²) >= 11 is 0. The normalized spacial score (nSPS) is 10.8. The van der Waals surface area contributed by atoms with E-state index < -0.39 is 0 Å². The topological polar surface area (TPSA) is 52.1 Å². The standard InChI is InChI=1S/C13H9FN2O2/c1-8-2-3-9(6-11(8)14)12-15-13(18-16-12)10-4-5-17-7-10/h2-7H,1H3. The van der Waals surface area contributed by atoms with Crippen molar-refractivity contribution >= 4 is 0 Å². The van der Waals surface area contributed by atoms with Gasteiger partial charge in [-0.15, -0.1) is 0 Å². The van der Waals surface area contributed by atoms with Crippen LogP contribution in [0.4, 0.5) is 4.39 Å². The van der Waals surface area contributed by atoms with Crippen molar-refractivity contribution in [2.75, 3.05) is 0 Å². The molecule has 0 spiro atoms. The van der Waals surface area contributed by atoms with Gasteiger partial charge < -0.3 is 8.94 Å². The molecule has 0 saturated heterocycles. The van der Waals surface area contributed by atoms with E-state index in [9.17, 15) is 4.39 Å². The average Bonchev–Trinajstić information content (AvgIpc) is 3.01. The zero-order valence-electron chi connectivity index (χ0n) is 9.55. The molecule has 4 nitrogen and oxygen atoms in total. The number of hydrogen-bond donors (Lipinski definition) is 0. The van der Waals surface area contributed by atoms with Crippen LogP contribution in [0.3, 0.4) is 0 Å². The second kappa shape index (κ2) is 4.10. The molecule has 0 aliphatic heterocycles. The van der Waals surface area contributed by atoms with Crippen LogP contribution in [0.5, 0.6) is 0 Å². The minimum atomic E-state index is -0.290.